The number of hydrogen-bond acceptors (Lipinski definition) is 5. The first-order valence-electron chi connectivity index (χ1n) is 10.00. The molecule has 1 aliphatic heterocycles. The lowest BCUT2D eigenvalue weighted by Gasteiger charge is -2.26. The smallest absolute Gasteiger partial charge is 0.244 e. The Morgan fingerprint density at radius 2 is 1.68 bits per heavy atom. The quantitative estimate of drug-likeness (QED) is 0.480. The predicted octanol–water partition coefficient (Wildman–Crippen LogP) is 4.71. The van der Waals surface area contributed by atoms with Crippen molar-refractivity contribution >= 4 is 39.0 Å². The van der Waals surface area contributed by atoms with E-state index in [-0.39, 0.29) is 28.9 Å². The molecule has 0 aromatic heterocycles. The number of carbonyl (C=O) groups excluding carboxylic acids is 1. The van der Waals surface area contributed by atoms with Gasteiger partial charge in [-0.25, -0.2) is 8.42 Å². The number of piperidine rings is 1. The average Bonchev–Trinajstić information content (AvgIpc) is 2.76. The molecule has 9 heteroatoms. The molecule has 0 unspecified atom stereocenters. The Hall–Kier alpha value is -1.48. The van der Waals surface area contributed by atoms with E-state index in [1.54, 1.807) is 19.2 Å². The molecule has 2 aromatic carbocycles. The number of Topliss-reactive ketones (excluding diaryl/α,β-unsaturated/α-hetero) is 1. The predicted molar refractivity (Wildman–Crippen MR) is 120 cm³/mol. The normalized spacial score (nSPS) is 15.2. The van der Waals surface area contributed by atoms with E-state index in [9.17, 15) is 13.2 Å². The van der Waals surface area contributed by atoms with Gasteiger partial charge in [0.25, 0.3) is 0 Å². The van der Waals surface area contributed by atoms with E-state index in [2.05, 4.69) is 0 Å². The van der Waals surface area contributed by atoms with E-state index < -0.39 is 10.0 Å². The van der Waals surface area contributed by atoms with Crippen molar-refractivity contribution in [3.63, 3.8) is 0 Å². The van der Waals surface area contributed by atoms with Crippen LogP contribution in [-0.2, 0) is 32.7 Å². The molecule has 0 aliphatic carbocycles. The lowest BCUT2D eigenvalue weighted by atomic mass is 10.1. The van der Waals surface area contributed by atoms with Gasteiger partial charge in [-0.05, 0) is 36.1 Å². The summed E-state index contributed by atoms with van der Waals surface area (Å²) in [5.41, 5.74) is 1.95. The number of hydrogen-bond donors (Lipinski definition) is 0. The molecule has 1 saturated heterocycles. The Labute approximate surface area is 193 Å². The first-order chi connectivity index (χ1) is 14.8. The average molecular weight is 486 g/mol. The van der Waals surface area contributed by atoms with Gasteiger partial charge in [0.2, 0.25) is 10.0 Å². The summed E-state index contributed by atoms with van der Waals surface area (Å²) in [5.74, 6) is -0.185. The summed E-state index contributed by atoms with van der Waals surface area (Å²) < 4.78 is 38.1. The highest BCUT2D eigenvalue weighted by atomic mass is 35.5. The maximum Gasteiger partial charge on any atom is 0.244 e. The van der Waals surface area contributed by atoms with Crippen molar-refractivity contribution in [2.75, 3.05) is 26.8 Å². The number of sulfonamides is 1. The van der Waals surface area contributed by atoms with E-state index in [0.717, 1.165) is 24.8 Å². The summed E-state index contributed by atoms with van der Waals surface area (Å²) >= 11 is 12.5. The van der Waals surface area contributed by atoms with Crippen LogP contribution in [-0.4, -0.2) is 45.3 Å². The lowest BCUT2D eigenvalue weighted by Crippen LogP contribution is -2.35. The number of rotatable bonds is 9. The van der Waals surface area contributed by atoms with Gasteiger partial charge in [-0.2, -0.15) is 4.31 Å². The molecule has 0 bridgehead atoms. The lowest BCUT2D eigenvalue weighted by molar-refractivity contribution is 0.0726. The van der Waals surface area contributed by atoms with Crippen molar-refractivity contribution in [3.05, 3.63) is 63.1 Å². The summed E-state index contributed by atoms with van der Waals surface area (Å²) in [4.78, 5) is 12.4. The highest BCUT2D eigenvalue weighted by Crippen LogP contribution is 2.32. The first-order valence-corrected chi connectivity index (χ1v) is 12.2. The molecule has 168 valence electrons. The van der Waals surface area contributed by atoms with Gasteiger partial charge in [-0.1, -0.05) is 53.9 Å². The maximum atomic E-state index is 13.0. The van der Waals surface area contributed by atoms with Gasteiger partial charge in [-0.15, -0.1) is 0 Å². The first kappa shape index (κ1) is 24.2. The Kier molecular flexibility index (Phi) is 8.50. The third-order valence-electron chi connectivity index (χ3n) is 5.11. The van der Waals surface area contributed by atoms with Crippen LogP contribution < -0.4 is 0 Å². The molecule has 0 N–H and O–H groups in total. The molecule has 0 radical (unpaired) electrons. The Balaban J connectivity index is 1.67. The standard InChI is InChI=1S/C22H25Cl2NO5S/c1-29-13-16-5-7-17(8-6-16)21(26)15-30-14-18-11-22(20(24)12-19(18)23)31(27,28)25-9-3-2-4-10-25/h5-8,11-12H,2-4,9-10,13-15H2,1H3. The van der Waals surface area contributed by atoms with E-state index in [1.807, 2.05) is 12.1 Å². The highest BCUT2D eigenvalue weighted by Gasteiger charge is 2.29. The Morgan fingerprint density at radius 1 is 1.00 bits per heavy atom. The number of carbonyl (C=O) groups is 1. The van der Waals surface area contributed by atoms with Crippen LogP contribution >= 0.6 is 23.2 Å². The number of methoxy groups -OCH3 is 1. The van der Waals surface area contributed by atoms with Crippen molar-refractivity contribution in [1.82, 2.24) is 4.31 Å². The van der Waals surface area contributed by atoms with Crippen LogP contribution in [0.4, 0.5) is 0 Å². The fourth-order valence-corrected chi connectivity index (χ4v) is 5.76. The number of nitrogens with zero attached hydrogens (tertiary/aromatic N) is 1. The molecular weight excluding hydrogens is 461 g/mol. The van der Waals surface area contributed by atoms with Crippen LogP contribution in [0, 0.1) is 0 Å². The van der Waals surface area contributed by atoms with Crippen molar-refractivity contribution in [3.8, 4) is 0 Å². The minimum Gasteiger partial charge on any atom is -0.380 e. The summed E-state index contributed by atoms with van der Waals surface area (Å²) in [6.45, 7) is 1.26. The van der Waals surface area contributed by atoms with E-state index >= 15 is 0 Å². The zero-order valence-corrected chi connectivity index (χ0v) is 19.6. The van der Waals surface area contributed by atoms with Crippen molar-refractivity contribution in [2.24, 2.45) is 0 Å². The van der Waals surface area contributed by atoms with Crippen LogP contribution in [0.3, 0.4) is 0 Å². The summed E-state index contributed by atoms with van der Waals surface area (Å²) in [6, 6.07) is 9.94. The van der Waals surface area contributed by atoms with Gasteiger partial charge in [0.05, 0.1) is 18.2 Å². The molecule has 0 spiro atoms. The van der Waals surface area contributed by atoms with Crippen LogP contribution in [0.5, 0.6) is 0 Å². The summed E-state index contributed by atoms with van der Waals surface area (Å²) in [7, 11) is -2.11. The molecule has 1 heterocycles. The van der Waals surface area contributed by atoms with Crippen LogP contribution in [0.2, 0.25) is 10.0 Å². The number of ketones is 1. The molecule has 3 rings (SSSR count). The van der Waals surface area contributed by atoms with Gasteiger partial charge in [0, 0.05) is 30.8 Å². The molecule has 2 aromatic rings. The maximum absolute atomic E-state index is 13.0. The minimum atomic E-state index is -3.72. The third kappa shape index (κ3) is 6.06. The van der Waals surface area contributed by atoms with Gasteiger partial charge >= 0.3 is 0 Å². The molecule has 31 heavy (non-hydrogen) atoms. The zero-order chi connectivity index (χ0) is 22.4. The summed E-state index contributed by atoms with van der Waals surface area (Å²) in [5, 5.41) is 0.366. The largest absolute Gasteiger partial charge is 0.380 e. The van der Waals surface area contributed by atoms with Crippen LogP contribution in [0.1, 0.15) is 40.7 Å². The summed E-state index contributed by atoms with van der Waals surface area (Å²) in [6.07, 6.45) is 2.67. The third-order valence-corrected chi connectivity index (χ3v) is 7.83. The van der Waals surface area contributed by atoms with E-state index in [4.69, 9.17) is 32.7 Å². The van der Waals surface area contributed by atoms with Crippen molar-refractivity contribution in [2.45, 2.75) is 37.4 Å². The minimum absolute atomic E-state index is 0.00792. The second-order valence-corrected chi connectivity index (χ2v) is 10.1. The van der Waals surface area contributed by atoms with Crippen LogP contribution in [0.15, 0.2) is 41.3 Å². The molecule has 1 fully saturated rings. The number of halogens is 2. The van der Waals surface area contributed by atoms with E-state index in [0.29, 0.717) is 35.8 Å². The second kappa shape index (κ2) is 10.9. The van der Waals surface area contributed by atoms with Gasteiger partial charge < -0.3 is 9.47 Å². The monoisotopic (exact) mass is 485 g/mol. The van der Waals surface area contributed by atoms with Gasteiger partial charge in [-0.3, -0.25) is 4.79 Å². The molecule has 0 amide bonds. The Bertz CT molecular complexity index is 1020. The number of ether oxygens (including phenoxy) is 2. The Morgan fingerprint density at radius 3 is 2.32 bits per heavy atom. The van der Waals surface area contributed by atoms with Crippen molar-refractivity contribution in [1.29, 1.82) is 0 Å². The number of benzene rings is 2. The van der Waals surface area contributed by atoms with Gasteiger partial charge in [0.1, 0.15) is 11.5 Å². The SMILES string of the molecule is COCc1ccc(C(=O)COCc2cc(S(=O)(=O)N3CCCCC3)c(Cl)cc2Cl)cc1. The highest BCUT2D eigenvalue weighted by molar-refractivity contribution is 7.89. The molecule has 6 nitrogen and oxygen atoms in total. The fourth-order valence-electron chi connectivity index (χ4n) is 3.41. The molecule has 1 aliphatic rings. The topological polar surface area (TPSA) is 72.9 Å². The van der Waals surface area contributed by atoms with Crippen molar-refractivity contribution < 1.29 is 22.7 Å². The second-order valence-electron chi connectivity index (χ2n) is 7.38. The molecular formula is C22H25Cl2NO5S. The molecule has 0 saturated carbocycles. The zero-order valence-electron chi connectivity index (χ0n) is 17.3. The van der Waals surface area contributed by atoms with E-state index in [1.165, 1.54) is 16.4 Å². The van der Waals surface area contributed by atoms with Crippen LogP contribution in [0.25, 0.3) is 0 Å². The fraction of sp³-hybridized carbons (Fsp3) is 0.409. The molecule has 0 atom stereocenters. The van der Waals surface area contributed by atoms with Gasteiger partial charge in [0.15, 0.2) is 5.78 Å².